The molecule has 0 amide bonds. The van der Waals surface area contributed by atoms with Crippen LogP contribution in [-0.2, 0) is 0 Å². The Morgan fingerprint density at radius 2 is 2.09 bits per heavy atom. The van der Waals surface area contributed by atoms with E-state index in [4.69, 9.17) is 0 Å². The molecule has 1 aliphatic rings. The van der Waals surface area contributed by atoms with E-state index < -0.39 is 0 Å². The molecular formula is C10H12Si. The zero-order valence-electron chi connectivity index (χ0n) is 6.75. The second kappa shape index (κ2) is 2.66. The van der Waals surface area contributed by atoms with Crippen molar-refractivity contribution in [3.63, 3.8) is 0 Å². The molecule has 0 spiro atoms. The van der Waals surface area contributed by atoms with Gasteiger partial charge in [0.1, 0.15) is 0 Å². The van der Waals surface area contributed by atoms with Crippen LogP contribution in [0, 0.1) is 0 Å². The Kier molecular flexibility index (Phi) is 1.66. The first-order chi connectivity index (χ1) is 5.42. The van der Waals surface area contributed by atoms with Crippen molar-refractivity contribution < 1.29 is 0 Å². The topological polar surface area (TPSA) is 0 Å². The first-order valence-corrected chi connectivity index (χ1v) is 5.60. The first-order valence-electron chi connectivity index (χ1n) is 4.19. The zero-order valence-corrected chi connectivity index (χ0v) is 8.75. The van der Waals surface area contributed by atoms with Crippen LogP contribution in [0.25, 0.3) is 6.08 Å². The third kappa shape index (κ3) is 1.05. The van der Waals surface area contributed by atoms with Crippen LogP contribution >= 0.6 is 0 Å². The smallest absolute Gasteiger partial charge is 0.00397 e. The van der Waals surface area contributed by atoms with Crippen molar-refractivity contribution in [1.82, 2.24) is 0 Å². The van der Waals surface area contributed by atoms with Gasteiger partial charge in [-0.15, -0.1) is 0 Å². The summed E-state index contributed by atoms with van der Waals surface area (Å²) in [5, 5.41) is 0. The van der Waals surface area contributed by atoms with E-state index in [1.807, 2.05) is 0 Å². The van der Waals surface area contributed by atoms with E-state index in [-0.39, 0.29) is 0 Å². The number of hydrogen-bond acceptors (Lipinski definition) is 0. The molecule has 11 heavy (non-hydrogen) atoms. The van der Waals surface area contributed by atoms with E-state index in [9.17, 15) is 0 Å². The van der Waals surface area contributed by atoms with E-state index in [0.717, 1.165) is 5.92 Å². The monoisotopic (exact) mass is 160 g/mol. The van der Waals surface area contributed by atoms with Gasteiger partial charge in [-0.05, 0) is 17.0 Å². The van der Waals surface area contributed by atoms with Crippen molar-refractivity contribution in [2.45, 2.75) is 12.0 Å². The van der Waals surface area contributed by atoms with E-state index in [1.54, 1.807) is 0 Å². The predicted molar refractivity (Wildman–Crippen MR) is 53.0 cm³/mol. The lowest BCUT2D eigenvalue weighted by molar-refractivity contribution is 0.986. The molecule has 0 fully saturated rings. The highest BCUT2D eigenvalue weighted by Gasteiger charge is 2.13. The molecule has 2 rings (SSSR count). The molecule has 0 nitrogen and oxygen atoms in total. The molecule has 1 aromatic rings. The second-order valence-corrected chi connectivity index (χ2v) is 3.82. The van der Waals surface area contributed by atoms with Gasteiger partial charge in [0.15, 0.2) is 0 Å². The number of hydrogen-bond donors (Lipinski definition) is 0. The van der Waals surface area contributed by atoms with Crippen LogP contribution in [0.15, 0.2) is 30.3 Å². The highest BCUT2D eigenvalue weighted by atomic mass is 28.1. The van der Waals surface area contributed by atoms with Crippen molar-refractivity contribution in [2.24, 2.45) is 0 Å². The molecule has 0 bridgehead atoms. The van der Waals surface area contributed by atoms with Crippen molar-refractivity contribution in [1.29, 1.82) is 0 Å². The fraction of sp³-hybridized carbons (Fsp3) is 0.200. The van der Waals surface area contributed by atoms with Crippen LogP contribution in [-0.4, -0.2) is 10.2 Å². The SMILES string of the molecule is [SiH3]CC1C=Cc2ccccc21. The highest BCUT2D eigenvalue weighted by molar-refractivity contribution is 6.09. The lowest BCUT2D eigenvalue weighted by atomic mass is 10.0. The average Bonchev–Trinajstić information content (AvgIpc) is 2.47. The summed E-state index contributed by atoms with van der Waals surface area (Å²) >= 11 is 0. The summed E-state index contributed by atoms with van der Waals surface area (Å²) in [6, 6.07) is 10.0. The highest BCUT2D eigenvalue weighted by Crippen LogP contribution is 2.31. The molecule has 56 valence electrons. The number of rotatable bonds is 1. The molecule has 1 unspecified atom stereocenters. The van der Waals surface area contributed by atoms with Gasteiger partial charge in [-0.1, -0.05) is 42.5 Å². The summed E-state index contributed by atoms with van der Waals surface area (Å²) in [4.78, 5) is 0. The van der Waals surface area contributed by atoms with E-state index in [1.165, 1.54) is 27.4 Å². The van der Waals surface area contributed by atoms with Crippen molar-refractivity contribution in [3.05, 3.63) is 41.5 Å². The quantitative estimate of drug-likeness (QED) is 0.547. The fourth-order valence-electron chi connectivity index (χ4n) is 1.68. The van der Waals surface area contributed by atoms with Crippen LogP contribution < -0.4 is 0 Å². The van der Waals surface area contributed by atoms with Gasteiger partial charge >= 0.3 is 0 Å². The van der Waals surface area contributed by atoms with Gasteiger partial charge in [0, 0.05) is 10.2 Å². The minimum absolute atomic E-state index is 0.734. The van der Waals surface area contributed by atoms with Gasteiger partial charge in [0.05, 0.1) is 0 Å². The molecule has 1 heteroatoms. The van der Waals surface area contributed by atoms with E-state index in [2.05, 4.69) is 36.4 Å². The summed E-state index contributed by atoms with van der Waals surface area (Å²) in [7, 11) is 1.30. The molecule has 0 N–H and O–H groups in total. The maximum atomic E-state index is 2.33. The molecule has 0 saturated heterocycles. The Labute approximate surface area is 70.4 Å². The van der Waals surface area contributed by atoms with Crippen LogP contribution in [0.4, 0.5) is 0 Å². The van der Waals surface area contributed by atoms with Crippen LogP contribution in [0.5, 0.6) is 0 Å². The van der Waals surface area contributed by atoms with Crippen LogP contribution in [0.2, 0.25) is 6.04 Å². The molecule has 1 aliphatic carbocycles. The van der Waals surface area contributed by atoms with Crippen molar-refractivity contribution >= 4 is 16.3 Å². The summed E-state index contributed by atoms with van der Waals surface area (Å²) in [5.41, 5.74) is 2.95. The normalized spacial score (nSPS) is 20.5. The summed E-state index contributed by atoms with van der Waals surface area (Å²) in [6.07, 6.45) is 4.58. The maximum Gasteiger partial charge on any atom is 0.00397 e. The Balaban J connectivity index is 2.46. The largest absolute Gasteiger partial charge is 0.0767 e. The Morgan fingerprint density at radius 3 is 2.91 bits per heavy atom. The van der Waals surface area contributed by atoms with Gasteiger partial charge < -0.3 is 0 Å². The molecule has 0 radical (unpaired) electrons. The molecule has 0 heterocycles. The third-order valence-electron chi connectivity index (χ3n) is 2.34. The van der Waals surface area contributed by atoms with Gasteiger partial charge in [0.25, 0.3) is 0 Å². The fourth-order valence-corrected chi connectivity index (χ4v) is 2.39. The van der Waals surface area contributed by atoms with E-state index in [0.29, 0.717) is 0 Å². The Morgan fingerprint density at radius 1 is 1.27 bits per heavy atom. The first kappa shape index (κ1) is 6.86. The second-order valence-electron chi connectivity index (χ2n) is 3.00. The van der Waals surface area contributed by atoms with E-state index >= 15 is 0 Å². The van der Waals surface area contributed by atoms with Gasteiger partial charge in [-0.25, -0.2) is 0 Å². The lowest BCUT2D eigenvalue weighted by Gasteiger charge is -2.05. The maximum absolute atomic E-state index is 2.33. The summed E-state index contributed by atoms with van der Waals surface area (Å²) in [5.74, 6) is 0.734. The van der Waals surface area contributed by atoms with Gasteiger partial charge in [-0.3, -0.25) is 0 Å². The summed E-state index contributed by atoms with van der Waals surface area (Å²) < 4.78 is 0. The van der Waals surface area contributed by atoms with Crippen molar-refractivity contribution in [3.8, 4) is 0 Å². The van der Waals surface area contributed by atoms with Crippen LogP contribution in [0.3, 0.4) is 0 Å². The zero-order chi connectivity index (χ0) is 7.68. The molecule has 0 aliphatic heterocycles. The standard InChI is InChI=1S/C10H12Si/c11-7-9-6-5-8-3-1-2-4-10(8)9/h1-6,9H,7H2,11H3. The minimum Gasteiger partial charge on any atom is -0.0767 e. The van der Waals surface area contributed by atoms with Gasteiger partial charge in [-0.2, -0.15) is 0 Å². The average molecular weight is 160 g/mol. The molecule has 0 saturated carbocycles. The third-order valence-corrected chi connectivity index (χ3v) is 3.22. The molecular weight excluding hydrogens is 148 g/mol. The number of fused-ring (bicyclic) bond motifs is 1. The van der Waals surface area contributed by atoms with Gasteiger partial charge in [0.2, 0.25) is 0 Å². The summed E-state index contributed by atoms with van der Waals surface area (Å²) in [6.45, 7) is 0. The molecule has 0 aromatic heterocycles. The molecule has 1 aromatic carbocycles. The molecule has 1 atom stereocenters. The lowest BCUT2D eigenvalue weighted by Crippen LogP contribution is -1.90. The minimum atomic E-state index is 0.734. The Bertz CT molecular complexity index is 289. The predicted octanol–water partition coefficient (Wildman–Crippen LogP) is 1.58. The van der Waals surface area contributed by atoms with Crippen molar-refractivity contribution in [2.75, 3.05) is 0 Å². The number of benzene rings is 1. The number of allylic oxidation sites excluding steroid dienone is 1. The Hall–Kier alpha value is -0.823. The van der Waals surface area contributed by atoms with Crippen LogP contribution in [0.1, 0.15) is 17.0 Å².